The van der Waals surface area contributed by atoms with Crippen LogP contribution in [0.25, 0.3) is 0 Å². The molecular formula is C15H23N3O4S. The first kappa shape index (κ1) is 17.8. The van der Waals surface area contributed by atoms with Gasteiger partial charge in [-0.15, -0.1) is 0 Å². The molecule has 23 heavy (non-hydrogen) atoms. The summed E-state index contributed by atoms with van der Waals surface area (Å²) in [6, 6.07) is 3.39. The normalized spacial score (nSPS) is 18.6. The van der Waals surface area contributed by atoms with Crippen LogP contribution in [0.1, 0.15) is 35.3 Å². The van der Waals surface area contributed by atoms with E-state index in [9.17, 15) is 13.2 Å². The highest BCUT2D eigenvalue weighted by Gasteiger charge is 2.17. The van der Waals surface area contributed by atoms with Crippen molar-refractivity contribution in [1.82, 2.24) is 15.0 Å². The van der Waals surface area contributed by atoms with Crippen molar-refractivity contribution >= 4 is 15.9 Å². The maximum atomic E-state index is 11.9. The second-order valence-corrected chi connectivity index (χ2v) is 7.53. The summed E-state index contributed by atoms with van der Waals surface area (Å²) in [6.45, 7) is 2.86. The van der Waals surface area contributed by atoms with Crippen molar-refractivity contribution in [3.05, 3.63) is 29.6 Å². The van der Waals surface area contributed by atoms with E-state index in [0.29, 0.717) is 12.2 Å². The van der Waals surface area contributed by atoms with Crippen LogP contribution < -0.4 is 10.0 Å². The van der Waals surface area contributed by atoms with E-state index >= 15 is 0 Å². The second-order valence-electron chi connectivity index (χ2n) is 5.60. The molecule has 1 aliphatic rings. The van der Waals surface area contributed by atoms with Gasteiger partial charge in [-0.1, -0.05) is 0 Å². The number of nitrogens with zero attached hydrogens (tertiary/aromatic N) is 1. The monoisotopic (exact) mass is 341 g/mol. The van der Waals surface area contributed by atoms with Crippen molar-refractivity contribution in [2.24, 2.45) is 0 Å². The van der Waals surface area contributed by atoms with Crippen LogP contribution in [0.2, 0.25) is 0 Å². The van der Waals surface area contributed by atoms with E-state index in [0.717, 1.165) is 25.0 Å². The summed E-state index contributed by atoms with van der Waals surface area (Å²) >= 11 is 0. The van der Waals surface area contributed by atoms with Crippen LogP contribution in [0, 0.1) is 6.92 Å². The minimum Gasteiger partial charge on any atom is -0.377 e. The fraction of sp³-hybridized carbons (Fsp3) is 0.600. The van der Waals surface area contributed by atoms with E-state index in [2.05, 4.69) is 15.0 Å². The molecular weight excluding hydrogens is 318 g/mol. The van der Waals surface area contributed by atoms with Crippen LogP contribution in [0.5, 0.6) is 0 Å². The predicted molar refractivity (Wildman–Crippen MR) is 86.7 cm³/mol. The molecule has 0 saturated carbocycles. The first-order chi connectivity index (χ1) is 11.0. The van der Waals surface area contributed by atoms with Gasteiger partial charge < -0.3 is 10.1 Å². The number of carbonyl (C=O) groups excluding carboxylic acids is 1. The Labute approximate surface area is 136 Å². The van der Waals surface area contributed by atoms with Crippen LogP contribution >= 0.6 is 0 Å². The summed E-state index contributed by atoms with van der Waals surface area (Å²) in [7, 11) is -3.43. The maximum absolute atomic E-state index is 11.9. The average Bonchev–Trinajstić information content (AvgIpc) is 2.54. The van der Waals surface area contributed by atoms with E-state index in [1.807, 2.05) is 6.92 Å². The number of hydrogen-bond acceptors (Lipinski definition) is 5. The Kier molecular flexibility index (Phi) is 6.49. The highest BCUT2D eigenvalue weighted by Crippen LogP contribution is 2.11. The highest BCUT2D eigenvalue weighted by atomic mass is 32.2. The number of ether oxygens (including phenoxy) is 1. The average molecular weight is 341 g/mol. The van der Waals surface area contributed by atoms with Gasteiger partial charge in [0.25, 0.3) is 5.91 Å². The number of amides is 1. The van der Waals surface area contributed by atoms with Gasteiger partial charge in [-0.05, 0) is 38.3 Å². The number of aromatic nitrogens is 1. The summed E-state index contributed by atoms with van der Waals surface area (Å²) < 4.78 is 31.8. The SMILES string of the molecule is Cc1ccc(C(=O)NCCS(=O)(=O)NC[C@@H]2CCCCO2)cn1. The molecule has 0 unspecified atom stereocenters. The van der Waals surface area contributed by atoms with Gasteiger partial charge >= 0.3 is 0 Å². The lowest BCUT2D eigenvalue weighted by Crippen LogP contribution is -2.39. The van der Waals surface area contributed by atoms with Crippen molar-refractivity contribution < 1.29 is 17.9 Å². The van der Waals surface area contributed by atoms with Crippen LogP contribution in [-0.2, 0) is 14.8 Å². The first-order valence-electron chi connectivity index (χ1n) is 7.76. The molecule has 2 rings (SSSR count). The Morgan fingerprint density at radius 2 is 2.22 bits per heavy atom. The standard InChI is InChI=1S/C15H23N3O4S/c1-12-5-6-13(10-17-12)15(19)16-7-9-23(20,21)18-11-14-4-2-3-8-22-14/h5-6,10,14,18H,2-4,7-9,11H2,1H3,(H,16,19)/t14-/m0/s1. The third-order valence-corrected chi connectivity index (χ3v) is 4.98. The predicted octanol–water partition coefficient (Wildman–Crippen LogP) is 0.608. The number of rotatable bonds is 7. The van der Waals surface area contributed by atoms with E-state index < -0.39 is 10.0 Å². The Hall–Kier alpha value is -1.51. The van der Waals surface area contributed by atoms with Gasteiger partial charge in [0, 0.05) is 31.6 Å². The summed E-state index contributed by atoms with van der Waals surface area (Å²) in [5.41, 5.74) is 1.23. The fourth-order valence-electron chi connectivity index (χ4n) is 2.26. The molecule has 1 amide bonds. The molecule has 0 aliphatic carbocycles. The van der Waals surface area contributed by atoms with Crippen molar-refractivity contribution in [3.63, 3.8) is 0 Å². The van der Waals surface area contributed by atoms with Crippen molar-refractivity contribution in [2.45, 2.75) is 32.3 Å². The molecule has 1 saturated heterocycles. The fourth-order valence-corrected chi connectivity index (χ4v) is 3.22. The van der Waals surface area contributed by atoms with Gasteiger partial charge in [-0.2, -0.15) is 0 Å². The van der Waals surface area contributed by atoms with E-state index in [4.69, 9.17) is 4.74 Å². The molecule has 0 spiro atoms. The van der Waals surface area contributed by atoms with Crippen LogP contribution in [-0.4, -0.2) is 50.9 Å². The van der Waals surface area contributed by atoms with Gasteiger partial charge in [0.1, 0.15) is 0 Å². The summed E-state index contributed by atoms with van der Waals surface area (Å²) in [6.07, 6.45) is 4.39. The Morgan fingerprint density at radius 1 is 1.39 bits per heavy atom. The number of carbonyl (C=O) groups is 1. The van der Waals surface area contributed by atoms with Crippen LogP contribution in [0.3, 0.4) is 0 Å². The highest BCUT2D eigenvalue weighted by molar-refractivity contribution is 7.89. The summed E-state index contributed by atoms with van der Waals surface area (Å²) in [5, 5.41) is 2.58. The van der Waals surface area contributed by atoms with Crippen molar-refractivity contribution in [2.75, 3.05) is 25.4 Å². The molecule has 2 heterocycles. The smallest absolute Gasteiger partial charge is 0.252 e. The minimum atomic E-state index is -3.43. The zero-order chi connectivity index (χ0) is 16.7. The molecule has 8 heteroatoms. The third-order valence-electron chi connectivity index (χ3n) is 3.63. The summed E-state index contributed by atoms with van der Waals surface area (Å²) in [5.74, 6) is -0.492. The van der Waals surface area contributed by atoms with E-state index in [1.165, 1.54) is 6.20 Å². The van der Waals surface area contributed by atoms with Crippen molar-refractivity contribution in [1.29, 1.82) is 0 Å². The van der Waals surface area contributed by atoms with Crippen LogP contribution in [0.4, 0.5) is 0 Å². The number of hydrogen-bond donors (Lipinski definition) is 2. The third kappa shape index (κ3) is 6.25. The molecule has 1 aromatic rings. The number of sulfonamides is 1. The van der Waals surface area contributed by atoms with Gasteiger partial charge in [0.05, 0.1) is 17.4 Å². The Morgan fingerprint density at radius 3 is 2.87 bits per heavy atom. The molecule has 128 valence electrons. The zero-order valence-corrected chi connectivity index (χ0v) is 14.1. The van der Waals surface area contributed by atoms with E-state index in [1.54, 1.807) is 12.1 Å². The maximum Gasteiger partial charge on any atom is 0.252 e. The van der Waals surface area contributed by atoms with E-state index in [-0.39, 0.29) is 30.9 Å². The molecule has 1 aliphatic heterocycles. The molecule has 1 atom stereocenters. The molecule has 0 bridgehead atoms. The van der Waals surface area contributed by atoms with Gasteiger partial charge in [0.15, 0.2) is 0 Å². The van der Waals surface area contributed by atoms with Crippen molar-refractivity contribution in [3.8, 4) is 0 Å². The first-order valence-corrected chi connectivity index (χ1v) is 9.41. The number of nitrogens with one attached hydrogen (secondary N) is 2. The Balaban J connectivity index is 1.71. The lowest BCUT2D eigenvalue weighted by atomic mass is 10.1. The lowest BCUT2D eigenvalue weighted by molar-refractivity contribution is 0.0200. The quantitative estimate of drug-likeness (QED) is 0.757. The molecule has 2 N–H and O–H groups in total. The van der Waals surface area contributed by atoms with Gasteiger partial charge in [-0.25, -0.2) is 13.1 Å². The molecule has 7 nitrogen and oxygen atoms in total. The largest absolute Gasteiger partial charge is 0.377 e. The topological polar surface area (TPSA) is 97.4 Å². The minimum absolute atomic E-state index is 0.0492. The number of pyridine rings is 1. The van der Waals surface area contributed by atoms with Gasteiger partial charge in [-0.3, -0.25) is 9.78 Å². The van der Waals surface area contributed by atoms with Crippen LogP contribution in [0.15, 0.2) is 18.3 Å². The lowest BCUT2D eigenvalue weighted by Gasteiger charge is -2.22. The zero-order valence-electron chi connectivity index (χ0n) is 13.2. The molecule has 1 aromatic heterocycles. The molecule has 0 radical (unpaired) electrons. The Bertz CT molecular complexity index is 610. The molecule has 0 aromatic carbocycles. The summed E-state index contributed by atoms with van der Waals surface area (Å²) in [4.78, 5) is 15.9. The molecule has 1 fully saturated rings. The second kappa shape index (κ2) is 8.37. The number of aryl methyl sites for hydroxylation is 1. The van der Waals surface area contributed by atoms with Gasteiger partial charge in [0.2, 0.25) is 10.0 Å².